The molecule has 1 aromatic rings. The highest BCUT2D eigenvalue weighted by molar-refractivity contribution is 5.28. The van der Waals surface area contributed by atoms with Gasteiger partial charge in [0.05, 0.1) is 6.61 Å². The van der Waals surface area contributed by atoms with Gasteiger partial charge in [-0.15, -0.1) is 0 Å². The van der Waals surface area contributed by atoms with E-state index < -0.39 is 13.0 Å². The average Bonchev–Trinajstić information content (AvgIpc) is 2.33. The minimum Gasteiger partial charge on any atom is -0.375 e. The molecule has 0 radical (unpaired) electrons. The molecule has 0 amide bonds. The smallest absolute Gasteiger partial charge is 0.261 e. The van der Waals surface area contributed by atoms with Crippen LogP contribution in [0, 0.1) is 13.8 Å². The summed E-state index contributed by atoms with van der Waals surface area (Å²) in [5.41, 5.74) is 8.52. The predicted molar refractivity (Wildman–Crippen MR) is 69.5 cm³/mol. The molecule has 1 unspecified atom stereocenters. The topological polar surface area (TPSA) is 61.0 Å². The molecule has 19 heavy (non-hydrogen) atoms. The maximum Gasteiger partial charge on any atom is 0.261 e. The lowest BCUT2D eigenvalue weighted by atomic mass is 9.98. The lowest BCUT2D eigenvalue weighted by molar-refractivity contribution is 0.0182. The third-order valence-corrected chi connectivity index (χ3v) is 2.93. The first-order valence-electron chi connectivity index (χ1n) is 6.35. The van der Waals surface area contributed by atoms with Crippen LogP contribution in [0.1, 0.15) is 35.6 Å². The van der Waals surface area contributed by atoms with Crippen molar-refractivity contribution in [2.75, 3.05) is 19.8 Å². The molecule has 0 fully saturated rings. The molecule has 108 valence electrons. The Hall–Kier alpha value is -1.14. The van der Waals surface area contributed by atoms with E-state index in [2.05, 4.69) is 9.97 Å². The quantitative estimate of drug-likeness (QED) is 0.772. The predicted octanol–water partition coefficient (Wildman–Crippen LogP) is 1.98. The molecule has 1 heterocycles. The molecule has 1 atom stereocenters. The largest absolute Gasteiger partial charge is 0.375 e. The maximum atomic E-state index is 11.9. The number of nitrogens with two attached hydrogens (primary N) is 1. The fourth-order valence-electron chi connectivity index (χ4n) is 2.07. The van der Waals surface area contributed by atoms with Gasteiger partial charge in [-0.1, -0.05) is 6.92 Å². The van der Waals surface area contributed by atoms with Crippen molar-refractivity contribution < 1.29 is 13.5 Å². The van der Waals surface area contributed by atoms with E-state index in [1.54, 1.807) is 0 Å². The van der Waals surface area contributed by atoms with Crippen molar-refractivity contribution in [2.24, 2.45) is 5.73 Å². The molecule has 4 nitrogen and oxygen atoms in total. The Bertz CT molecular complexity index is 390. The van der Waals surface area contributed by atoms with Crippen LogP contribution in [0.5, 0.6) is 0 Å². The van der Waals surface area contributed by atoms with Gasteiger partial charge in [-0.25, -0.2) is 18.7 Å². The zero-order valence-corrected chi connectivity index (χ0v) is 11.6. The fraction of sp³-hybridized carbons (Fsp3) is 0.692. The van der Waals surface area contributed by atoms with Gasteiger partial charge in [-0.05, 0) is 31.9 Å². The third kappa shape index (κ3) is 4.80. The van der Waals surface area contributed by atoms with Gasteiger partial charge >= 0.3 is 0 Å². The van der Waals surface area contributed by atoms with Crippen molar-refractivity contribution >= 4 is 0 Å². The van der Waals surface area contributed by atoms with E-state index in [9.17, 15) is 8.78 Å². The van der Waals surface area contributed by atoms with E-state index in [4.69, 9.17) is 10.5 Å². The van der Waals surface area contributed by atoms with E-state index in [1.165, 1.54) is 0 Å². The summed E-state index contributed by atoms with van der Waals surface area (Å²) >= 11 is 0. The van der Waals surface area contributed by atoms with Crippen LogP contribution in [0.15, 0.2) is 0 Å². The van der Waals surface area contributed by atoms with Crippen LogP contribution >= 0.6 is 0 Å². The van der Waals surface area contributed by atoms with Gasteiger partial charge in [0.25, 0.3) is 6.43 Å². The van der Waals surface area contributed by atoms with Crippen LogP contribution in [0.3, 0.4) is 0 Å². The number of halogens is 2. The van der Waals surface area contributed by atoms with E-state index in [1.807, 2.05) is 20.8 Å². The van der Waals surface area contributed by atoms with E-state index >= 15 is 0 Å². The van der Waals surface area contributed by atoms with Crippen LogP contribution in [0.4, 0.5) is 8.78 Å². The molecule has 0 aromatic carbocycles. The normalized spacial score (nSPS) is 13.0. The van der Waals surface area contributed by atoms with Crippen molar-refractivity contribution in [3.63, 3.8) is 0 Å². The van der Waals surface area contributed by atoms with E-state index in [0.717, 1.165) is 17.0 Å². The van der Waals surface area contributed by atoms with Crippen molar-refractivity contribution in [1.29, 1.82) is 0 Å². The number of rotatable bonds is 7. The first kappa shape index (κ1) is 15.9. The molecular weight excluding hydrogens is 252 g/mol. The van der Waals surface area contributed by atoms with Gasteiger partial charge in [-0.2, -0.15) is 0 Å². The molecule has 0 bridgehead atoms. The van der Waals surface area contributed by atoms with Gasteiger partial charge in [0.1, 0.15) is 12.4 Å². The number of ether oxygens (including phenoxy) is 1. The highest BCUT2D eigenvalue weighted by Gasteiger charge is 2.14. The minimum absolute atomic E-state index is 0.203. The van der Waals surface area contributed by atoms with Crippen molar-refractivity contribution in [3.05, 3.63) is 22.8 Å². The molecule has 0 saturated carbocycles. The maximum absolute atomic E-state index is 11.9. The van der Waals surface area contributed by atoms with Crippen molar-refractivity contribution in [2.45, 2.75) is 39.5 Å². The van der Waals surface area contributed by atoms with Crippen molar-refractivity contribution in [3.8, 4) is 0 Å². The Balaban J connectivity index is 2.67. The molecule has 2 N–H and O–H groups in total. The SMILES string of the molecule is Cc1nc(CCOCC(F)F)nc(C)c1C(C)CN. The average molecular weight is 273 g/mol. The Morgan fingerprint density at radius 3 is 2.26 bits per heavy atom. The summed E-state index contributed by atoms with van der Waals surface area (Å²) in [5.74, 6) is 0.835. The summed E-state index contributed by atoms with van der Waals surface area (Å²) in [5, 5.41) is 0. The number of hydrogen-bond donors (Lipinski definition) is 1. The summed E-state index contributed by atoms with van der Waals surface area (Å²) in [6, 6.07) is 0. The molecule has 0 aliphatic heterocycles. The summed E-state index contributed by atoms with van der Waals surface area (Å²) in [7, 11) is 0. The molecule has 0 saturated heterocycles. The molecule has 6 heteroatoms. The second-order valence-corrected chi connectivity index (χ2v) is 4.58. The second-order valence-electron chi connectivity index (χ2n) is 4.58. The standard InChI is InChI=1S/C13H21F2N3O/c1-8(6-16)13-9(2)17-12(18-10(13)3)4-5-19-7-11(14)15/h8,11H,4-7,16H2,1-3H3. The molecule has 1 aromatic heterocycles. The highest BCUT2D eigenvalue weighted by Crippen LogP contribution is 2.20. The number of nitrogens with zero attached hydrogens (tertiary/aromatic N) is 2. The number of aromatic nitrogens is 2. The van der Waals surface area contributed by atoms with Gasteiger partial charge < -0.3 is 10.5 Å². The molecule has 0 aliphatic carbocycles. The van der Waals surface area contributed by atoms with Gasteiger partial charge in [-0.3, -0.25) is 0 Å². The van der Waals surface area contributed by atoms with E-state index in [0.29, 0.717) is 18.8 Å². The number of alkyl halides is 2. The summed E-state index contributed by atoms with van der Waals surface area (Å²) in [6.07, 6.45) is -2.00. The summed E-state index contributed by atoms with van der Waals surface area (Å²) in [4.78, 5) is 8.77. The van der Waals surface area contributed by atoms with Gasteiger partial charge in [0, 0.05) is 17.8 Å². The van der Waals surface area contributed by atoms with E-state index in [-0.39, 0.29) is 12.5 Å². The van der Waals surface area contributed by atoms with Crippen LogP contribution in [-0.4, -0.2) is 36.2 Å². The summed E-state index contributed by atoms with van der Waals surface area (Å²) < 4.78 is 28.6. The minimum atomic E-state index is -2.43. The first-order chi connectivity index (χ1) is 8.95. The fourth-order valence-corrected chi connectivity index (χ4v) is 2.07. The van der Waals surface area contributed by atoms with Crippen LogP contribution in [0.25, 0.3) is 0 Å². The highest BCUT2D eigenvalue weighted by atomic mass is 19.3. The van der Waals surface area contributed by atoms with Crippen LogP contribution in [0.2, 0.25) is 0 Å². The van der Waals surface area contributed by atoms with Gasteiger partial charge in [0.2, 0.25) is 0 Å². The molecule has 0 spiro atoms. The Kier molecular flexibility index (Phi) is 6.24. The molecule has 1 rings (SSSR count). The second kappa shape index (κ2) is 7.45. The summed E-state index contributed by atoms with van der Waals surface area (Å²) in [6.45, 7) is 6.07. The zero-order valence-electron chi connectivity index (χ0n) is 11.6. The van der Waals surface area contributed by atoms with Crippen molar-refractivity contribution in [1.82, 2.24) is 9.97 Å². The zero-order chi connectivity index (χ0) is 14.4. The number of hydrogen-bond acceptors (Lipinski definition) is 4. The lowest BCUT2D eigenvalue weighted by Gasteiger charge is -2.15. The molecule has 0 aliphatic rings. The molecular formula is C13H21F2N3O. The van der Waals surface area contributed by atoms with Gasteiger partial charge in [0.15, 0.2) is 0 Å². The monoisotopic (exact) mass is 273 g/mol. The Morgan fingerprint density at radius 2 is 1.79 bits per heavy atom. The van der Waals surface area contributed by atoms with Crippen LogP contribution < -0.4 is 5.73 Å². The Morgan fingerprint density at radius 1 is 1.21 bits per heavy atom. The Labute approximate surface area is 112 Å². The third-order valence-electron chi connectivity index (χ3n) is 2.93. The number of aryl methyl sites for hydroxylation is 2. The van der Waals surface area contributed by atoms with Crippen LogP contribution in [-0.2, 0) is 11.2 Å². The first-order valence-corrected chi connectivity index (χ1v) is 6.35. The lowest BCUT2D eigenvalue weighted by Crippen LogP contribution is -2.15.